The Bertz CT molecular complexity index is 1070. The van der Waals surface area contributed by atoms with Gasteiger partial charge < -0.3 is 29.7 Å². The molecule has 1 aromatic heterocycles. The number of hydrogen-bond donors (Lipinski definition) is 2. The van der Waals surface area contributed by atoms with Crippen molar-refractivity contribution in [2.75, 3.05) is 12.4 Å². The zero-order chi connectivity index (χ0) is 21.5. The Morgan fingerprint density at radius 1 is 1.00 bits per heavy atom. The van der Waals surface area contributed by atoms with Crippen LogP contribution in [0.1, 0.15) is 26.5 Å². The molecule has 3 rings (SSSR count). The van der Waals surface area contributed by atoms with E-state index in [1.807, 2.05) is 0 Å². The fraction of sp³-hybridized carbons (Fsp3) is 0.0455. The highest BCUT2D eigenvalue weighted by Crippen LogP contribution is 2.15. The minimum Gasteiger partial charge on any atom is -0.545 e. The summed E-state index contributed by atoms with van der Waals surface area (Å²) in [7, 11) is 1.54. The number of hydrogen-bond acceptors (Lipinski definition) is 6. The zero-order valence-electron chi connectivity index (χ0n) is 15.9. The fourth-order valence-corrected chi connectivity index (χ4v) is 2.50. The molecule has 2 N–H and O–H groups in total. The van der Waals surface area contributed by atoms with E-state index < -0.39 is 17.8 Å². The molecule has 2 aromatic carbocycles. The molecule has 0 aliphatic heterocycles. The van der Waals surface area contributed by atoms with Crippen LogP contribution in [0.4, 0.5) is 5.69 Å². The molecule has 1 heterocycles. The summed E-state index contributed by atoms with van der Waals surface area (Å²) in [5.41, 5.74) is 0.935. The smallest absolute Gasteiger partial charge is 0.291 e. The first-order valence-corrected chi connectivity index (χ1v) is 8.79. The highest BCUT2D eigenvalue weighted by Gasteiger charge is 2.16. The molecule has 0 bridgehead atoms. The van der Waals surface area contributed by atoms with Gasteiger partial charge in [-0.25, -0.2) is 0 Å². The molecule has 0 aliphatic rings. The molecule has 30 heavy (non-hydrogen) atoms. The van der Waals surface area contributed by atoms with Crippen LogP contribution in [0, 0.1) is 0 Å². The summed E-state index contributed by atoms with van der Waals surface area (Å²) in [6, 6.07) is 15.4. The predicted octanol–water partition coefficient (Wildman–Crippen LogP) is 2.06. The lowest BCUT2D eigenvalue weighted by Gasteiger charge is -2.11. The standard InChI is InChI=1S/C22H18N2O6/c1-29-17-10-4-14(5-11-17)13-18(24-21(26)19-3-2-12-30-19)20(25)23-16-8-6-15(7-9-16)22(27)28/h2-13H,1H3,(H,23,25)(H,24,26)(H,27,28)/p-1/b18-13-. The lowest BCUT2D eigenvalue weighted by atomic mass is 10.1. The average molecular weight is 405 g/mol. The van der Waals surface area contributed by atoms with Gasteiger partial charge in [-0.1, -0.05) is 24.3 Å². The first-order valence-electron chi connectivity index (χ1n) is 8.79. The second-order valence-electron chi connectivity index (χ2n) is 6.08. The highest BCUT2D eigenvalue weighted by atomic mass is 16.5. The number of carbonyl (C=O) groups is 3. The number of benzene rings is 2. The van der Waals surface area contributed by atoms with Gasteiger partial charge in [0.05, 0.1) is 19.3 Å². The zero-order valence-corrected chi connectivity index (χ0v) is 15.9. The maximum atomic E-state index is 12.8. The van der Waals surface area contributed by atoms with Crippen LogP contribution in [-0.2, 0) is 4.79 Å². The van der Waals surface area contributed by atoms with Crippen molar-refractivity contribution in [2.24, 2.45) is 0 Å². The van der Waals surface area contributed by atoms with Gasteiger partial charge in [0.1, 0.15) is 11.4 Å². The topological polar surface area (TPSA) is 121 Å². The van der Waals surface area contributed by atoms with E-state index in [0.29, 0.717) is 17.0 Å². The fourth-order valence-electron chi connectivity index (χ4n) is 2.50. The Morgan fingerprint density at radius 3 is 2.27 bits per heavy atom. The number of aromatic carboxylic acids is 1. The minimum atomic E-state index is -1.32. The number of methoxy groups -OCH3 is 1. The van der Waals surface area contributed by atoms with Gasteiger partial charge >= 0.3 is 0 Å². The first kappa shape index (κ1) is 20.4. The third kappa shape index (κ3) is 5.14. The van der Waals surface area contributed by atoms with Gasteiger partial charge in [-0.15, -0.1) is 0 Å². The number of anilines is 1. The van der Waals surface area contributed by atoms with Crippen molar-refractivity contribution in [1.29, 1.82) is 0 Å². The Balaban J connectivity index is 1.84. The lowest BCUT2D eigenvalue weighted by Crippen LogP contribution is -2.30. The Morgan fingerprint density at radius 2 is 1.70 bits per heavy atom. The van der Waals surface area contributed by atoms with Gasteiger partial charge in [-0.05, 0) is 53.6 Å². The van der Waals surface area contributed by atoms with Gasteiger partial charge in [-0.3, -0.25) is 9.59 Å². The molecule has 0 saturated carbocycles. The van der Waals surface area contributed by atoms with Crippen molar-refractivity contribution < 1.29 is 28.6 Å². The summed E-state index contributed by atoms with van der Waals surface area (Å²) in [6.45, 7) is 0. The Kier molecular flexibility index (Phi) is 6.29. The summed E-state index contributed by atoms with van der Waals surface area (Å²) in [5.74, 6) is -1.83. The molecule has 3 aromatic rings. The van der Waals surface area contributed by atoms with Crippen LogP contribution in [0.2, 0.25) is 0 Å². The molecule has 0 spiro atoms. The SMILES string of the molecule is COc1ccc(/C=C(\NC(=O)c2ccco2)C(=O)Nc2ccc(C(=O)[O-])cc2)cc1. The van der Waals surface area contributed by atoms with E-state index in [9.17, 15) is 19.5 Å². The molecule has 152 valence electrons. The Hall–Kier alpha value is -4.33. The minimum absolute atomic E-state index is 0.0203. The molecule has 0 unspecified atom stereocenters. The molecule has 8 heteroatoms. The molecule has 0 fully saturated rings. The maximum absolute atomic E-state index is 12.8. The average Bonchev–Trinajstić information content (AvgIpc) is 3.29. The second-order valence-corrected chi connectivity index (χ2v) is 6.08. The van der Waals surface area contributed by atoms with E-state index in [-0.39, 0.29) is 17.0 Å². The molecule has 0 saturated heterocycles. The third-order valence-electron chi connectivity index (χ3n) is 4.04. The molecule has 0 radical (unpaired) electrons. The van der Waals surface area contributed by atoms with Crippen LogP contribution in [0.25, 0.3) is 6.08 Å². The van der Waals surface area contributed by atoms with Gasteiger partial charge in [0.15, 0.2) is 5.76 Å². The predicted molar refractivity (Wildman–Crippen MR) is 107 cm³/mol. The largest absolute Gasteiger partial charge is 0.545 e. The van der Waals surface area contributed by atoms with Crippen LogP contribution in [0.15, 0.2) is 77.0 Å². The highest BCUT2D eigenvalue weighted by molar-refractivity contribution is 6.10. The third-order valence-corrected chi connectivity index (χ3v) is 4.04. The van der Waals surface area contributed by atoms with Crippen LogP contribution in [-0.4, -0.2) is 24.9 Å². The maximum Gasteiger partial charge on any atom is 0.291 e. The Labute approximate surface area is 171 Å². The molecular formula is C22H17N2O6-. The summed E-state index contributed by atoms with van der Waals surface area (Å²) < 4.78 is 10.2. The van der Waals surface area contributed by atoms with E-state index in [1.165, 1.54) is 42.7 Å². The van der Waals surface area contributed by atoms with Crippen LogP contribution >= 0.6 is 0 Å². The van der Waals surface area contributed by atoms with Crippen molar-refractivity contribution in [1.82, 2.24) is 5.32 Å². The summed E-state index contributed by atoms with van der Waals surface area (Å²) >= 11 is 0. The van der Waals surface area contributed by atoms with Gasteiger partial charge in [-0.2, -0.15) is 0 Å². The van der Waals surface area contributed by atoms with Crippen molar-refractivity contribution in [3.05, 3.63) is 89.5 Å². The van der Waals surface area contributed by atoms with E-state index in [4.69, 9.17) is 9.15 Å². The quantitative estimate of drug-likeness (QED) is 0.581. The van der Waals surface area contributed by atoms with Crippen LogP contribution in [0.5, 0.6) is 5.75 Å². The number of nitrogens with one attached hydrogen (secondary N) is 2. The van der Waals surface area contributed by atoms with E-state index in [2.05, 4.69) is 10.6 Å². The van der Waals surface area contributed by atoms with Gasteiger partial charge in [0.2, 0.25) is 0 Å². The number of amides is 2. The van der Waals surface area contributed by atoms with E-state index in [1.54, 1.807) is 37.4 Å². The van der Waals surface area contributed by atoms with E-state index >= 15 is 0 Å². The molecule has 0 aliphatic carbocycles. The number of carboxylic acids is 1. The number of carboxylic acid groups (broad SMARTS) is 1. The summed E-state index contributed by atoms with van der Waals surface area (Å²) in [4.78, 5) is 36.0. The van der Waals surface area contributed by atoms with Gasteiger partial charge in [0, 0.05) is 5.69 Å². The normalized spacial score (nSPS) is 10.9. The monoisotopic (exact) mass is 405 g/mol. The van der Waals surface area contributed by atoms with Crippen molar-refractivity contribution in [2.45, 2.75) is 0 Å². The van der Waals surface area contributed by atoms with Crippen molar-refractivity contribution >= 4 is 29.5 Å². The molecule has 0 atom stereocenters. The van der Waals surface area contributed by atoms with Crippen LogP contribution in [0.3, 0.4) is 0 Å². The number of furan rings is 1. The number of rotatable bonds is 7. The first-order chi connectivity index (χ1) is 14.5. The van der Waals surface area contributed by atoms with Gasteiger partial charge in [0.25, 0.3) is 11.8 Å². The molecular weight excluding hydrogens is 388 g/mol. The van der Waals surface area contributed by atoms with E-state index in [0.717, 1.165) is 0 Å². The van der Waals surface area contributed by atoms with Crippen molar-refractivity contribution in [3.8, 4) is 5.75 Å². The number of carbonyl (C=O) groups excluding carboxylic acids is 3. The molecule has 8 nitrogen and oxygen atoms in total. The second kappa shape index (κ2) is 9.24. The molecule has 2 amide bonds. The summed E-state index contributed by atoms with van der Waals surface area (Å²) in [5, 5.41) is 16.0. The van der Waals surface area contributed by atoms with Crippen molar-refractivity contribution in [3.63, 3.8) is 0 Å². The lowest BCUT2D eigenvalue weighted by molar-refractivity contribution is -0.255. The summed E-state index contributed by atoms with van der Waals surface area (Å²) in [6.07, 6.45) is 2.84. The van der Waals surface area contributed by atoms with Crippen LogP contribution < -0.4 is 20.5 Å². The number of ether oxygens (including phenoxy) is 1.